The standard InChI is InChI=1S/C45H79NO2/c1-3-5-7-9-11-13-15-17-19-21-23-25-27-32-36-47-41-44-39-46(38-43-34-30-29-31-35-43)40-45(44)42-48-37-33-28-26-24-22-20-18-16-14-12-10-8-6-4-2/h13-16,29-31,34-35,44-45H,3-12,17-28,32-33,36-42H2,1-2H3/b15-13-,16-14-. The SMILES string of the molecule is CCCCCC/C=C\CCCCCCCCOCC1CN(Cc2ccccc2)CC1COCCCCCCCC/C=C\CCCCCC. The minimum Gasteiger partial charge on any atom is -0.381 e. The van der Waals surface area contributed by atoms with Crippen LogP contribution < -0.4 is 0 Å². The number of nitrogens with zero attached hydrogens (tertiary/aromatic N) is 1. The third-order valence-corrected chi connectivity index (χ3v) is 10.2. The summed E-state index contributed by atoms with van der Waals surface area (Å²) in [6.07, 6.45) is 41.6. The van der Waals surface area contributed by atoms with Crippen LogP contribution in [0, 0.1) is 11.8 Å². The molecule has 0 radical (unpaired) electrons. The predicted octanol–water partition coefficient (Wildman–Crippen LogP) is 13.3. The lowest BCUT2D eigenvalue weighted by Gasteiger charge is -2.18. The number of ether oxygens (including phenoxy) is 2. The highest BCUT2D eigenvalue weighted by atomic mass is 16.5. The molecule has 0 amide bonds. The van der Waals surface area contributed by atoms with E-state index in [1.54, 1.807) is 0 Å². The van der Waals surface area contributed by atoms with Crippen LogP contribution in [0.1, 0.15) is 174 Å². The Morgan fingerprint density at radius 3 is 1.29 bits per heavy atom. The summed E-state index contributed by atoms with van der Waals surface area (Å²) in [6.45, 7) is 11.5. The second-order valence-electron chi connectivity index (χ2n) is 14.8. The van der Waals surface area contributed by atoms with Crippen molar-refractivity contribution in [3.8, 4) is 0 Å². The van der Waals surface area contributed by atoms with Crippen molar-refractivity contribution in [2.24, 2.45) is 11.8 Å². The Kier molecular flexibility index (Phi) is 29.2. The number of rotatable bonds is 34. The number of likely N-dealkylation sites (tertiary alicyclic amines) is 1. The Labute approximate surface area is 299 Å². The molecule has 0 aromatic heterocycles. The summed E-state index contributed by atoms with van der Waals surface area (Å²) >= 11 is 0. The molecule has 0 N–H and O–H groups in total. The maximum atomic E-state index is 6.29. The Morgan fingerprint density at radius 1 is 0.500 bits per heavy atom. The molecule has 1 aromatic carbocycles. The van der Waals surface area contributed by atoms with Crippen molar-refractivity contribution in [2.45, 2.75) is 174 Å². The second kappa shape index (κ2) is 32.8. The summed E-state index contributed by atoms with van der Waals surface area (Å²) in [5.41, 5.74) is 1.41. The van der Waals surface area contributed by atoms with E-state index < -0.39 is 0 Å². The monoisotopic (exact) mass is 666 g/mol. The zero-order valence-corrected chi connectivity index (χ0v) is 32.0. The molecule has 2 atom stereocenters. The fraction of sp³-hybridized carbons (Fsp3) is 0.778. The number of unbranched alkanes of at least 4 members (excludes halogenated alkanes) is 20. The molecular formula is C45H79NO2. The minimum atomic E-state index is 0.582. The molecule has 0 saturated carbocycles. The van der Waals surface area contributed by atoms with E-state index in [1.165, 1.54) is 160 Å². The molecule has 1 aliphatic heterocycles. The topological polar surface area (TPSA) is 21.7 Å². The maximum absolute atomic E-state index is 6.29. The largest absolute Gasteiger partial charge is 0.381 e. The quantitative estimate of drug-likeness (QED) is 0.0540. The van der Waals surface area contributed by atoms with Crippen LogP contribution in [0.3, 0.4) is 0 Å². The zero-order chi connectivity index (χ0) is 34.0. The zero-order valence-electron chi connectivity index (χ0n) is 32.0. The number of hydrogen-bond acceptors (Lipinski definition) is 3. The minimum absolute atomic E-state index is 0.582. The van der Waals surface area contributed by atoms with Crippen LogP contribution in [0.5, 0.6) is 0 Å². The van der Waals surface area contributed by atoms with Gasteiger partial charge in [0.25, 0.3) is 0 Å². The van der Waals surface area contributed by atoms with E-state index in [1.807, 2.05) is 0 Å². The van der Waals surface area contributed by atoms with Crippen LogP contribution >= 0.6 is 0 Å². The molecule has 276 valence electrons. The van der Waals surface area contributed by atoms with Gasteiger partial charge in [-0.05, 0) is 69.8 Å². The first-order chi connectivity index (χ1) is 23.8. The molecule has 1 fully saturated rings. The molecule has 1 saturated heterocycles. The smallest absolute Gasteiger partial charge is 0.0510 e. The van der Waals surface area contributed by atoms with E-state index in [4.69, 9.17) is 9.47 Å². The van der Waals surface area contributed by atoms with Crippen LogP contribution in [0.4, 0.5) is 0 Å². The number of benzene rings is 1. The Morgan fingerprint density at radius 2 is 0.875 bits per heavy atom. The molecule has 3 heteroatoms. The van der Waals surface area contributed by atoms with Gasteiger partial charge in [-0.1, -0.05) is 158 Å². The van der Waals surface area contributed by atoms with Crippen molar-refractivity contribution < 1.29 is 9.47 Å². The van der Waals surface area contributed by atoms with Gasteiger partial charge in [0, 0.05) is 44.7 Å². The van der Waals surface area contributed by atoms with E-state index in [2.05, 4.69) is 73.4 Å². The van der Waals surface area contributed by atoms with Crippen LogP contribution in [0.25, 0.3) is 0 Å². The molecule has 48 heavy (non-hydrogen) atoms. The summed E-state index contributed by atoms with van der Waals surface area (Å²) < 4.78 is 12.6. The van der Waals surface area contributed by atoms with Crippen molar-refractivity contribution in [3.05, 3.63) is 60.2 Å². The van der Waals surface area contributed by atoms with E-state index in [0.29, 0.717) is 11.8 Å². The van der Waals surface area contributed by atoms with Gasteiger partial charge in [0.15, 0.2) is 0 Å². The Balaban J connectivity index is 1.50. The summed E-state index contributed by atoms with van der Waals surface area (Å²) in [4.78, 5) is 2.63. The molecule has 2 rings (SSSR count). The maximum Gasteiger partial charge on any atom is 0.0510 e. The fourth-order valence-corrected chi connectivity index (χ4v) is 7.05. The third-order valence-electron chi connectivity index (χ3n) is 10.2. The highest BCUT2D eigenvalue weighted by molar-refractivity contribution is 5.14. The number of hydrogen-bond donors (Lipinski definition) is 0. The van der Waals surface area contributed by atoms with Crippen molar-refractivity contribution in [1.82, 2.24) is 4.90 Å². The second-order valence-corrected chi connectivity index (χ2v) is 14.8. The molecule has 2 unspecified atom stereocenters. The molecule has 3 nitrogen and oxygen atoms in total. The molecule has 0 aliphatic carbocycles. The normalized spacial score (nSPS) is 17.0. The first-order valence-corrected chi connectivity index (χ1v) is 21.0. The molecule has 0 bridgehead atoms. The van der Waals surface area contributed by atoms with Crippen LogP contribution in [0.2, 0.25) is 0 Å². The first kappa shape index (κ1) is 42.7. The average molecular weight is 666 g/mol. The van der Waals surface area contributed by atoms with Crippen LogP contribution in [-0.2, 0) is 16.0 Å². The highest BCUT2D eigenvalue weighted by Crippen LogP contribution is 2.26. The summed E-state index contributed by atoms with van der Waals surface area (Å²) in [5.74, 6) is 1.16. The van der Waals surface area contributed by atoms with Gasteiger partial charge in [0.1, 0.15) is 0 Å². The number of allylic oxidation sites excluding steroid dienone is 4. The van der Waals surface area contributed by atoms with Gasteiger partial charge in [-0.2, -0.15) is 0 Å². The molecule has 0 spiro atoms. The first-order valence-electron chi connectivity index (χ1n) is 21.0. The van der Waals surface area contributed by atoms with E-state index in [-0.39, 0.29) is 0 Å². The van der Waals surface area contributed by atoms with Gasteiger partial charge in [-0.25, -0.2) is 0 Å². The Hall–Kier alpha value is -1.42. The van der Waals surface area contributed by atoms with Crippen LogP contribution in [0.15, 0.2) is 54.6 Å². The molecule has 1 heterocycles. The van der Waals surface area contributed by atoms with Gasteiger partial charge in [0.05, 0.1) is 13.2 Å². The van der Waals surface area contributed by atoms with Crippen molar-refractivity contribution in [2.75, 3.05) is 39.5 Å². The van der Waals surface area contributed by atoms with Gasteiger partial charge < -0.3 is 9.47 Å². The highest BCUT2D eigenvalue weighted by Gasteiger charge is 2.32. The lowest BCUT2D eigenvalue weighted by Crippen LogP contribution is -2.23. The molecule has 1 aliphatic rings. The van der Waals surface area contributed by atoms with E-state index >= 15 is 0 Å². The molecule has 1 aromatic rings. The molecular weight excluding hydrogens is 587 g/mol. The lowest BCUT2D eigenvalue weighted by molar-refractivity contribution is 0.0482. The summed E-state index contributed by atoms with van der Waals surface area (Å²) in [6, 6.07) is 11.0. The van der Waals surface area contributed by atoms with Crippen LogP contribution in [-0.4, -0.2) is 44.4 Å². The van der Waals surface area contributed by atoms with Gasteiger partial charge in [-0.3, -0.25) is 4.90 Å². The lowest BCUT2D eigenvalue weighted by atomic mass is 9.98. The van der Waals surface area contributed by atoms with Crippen molar-refractivity contribution in [1.29, 1.82) is 0 Å². The van der Waals surface area contributed by atoms with Crippen molar-refractivity contribution in [3.63, 3.8) is 0 Å². The van der Waals surface area contributed by atoms with Gasteiger partial charge in [0.2, 0.25) is 0 Å². The average Bonchev–Trinajstić information content (AvgIpc) is 3.48. The predicted molar refractivity (Wildman–Crippen MR) is 211 cm³/mol. The van der Waals surface area contributed by atoms with E-state index in [0.717, 1.165) is 46.1 Å². The summed E-state index contributed by atoms with van der Waals surface area (Å²) in [7, 11) is 0. The van der Waals surface area contributed by atoms with Crippen molar-refractivity contribution >= 4 is 0 Å². The Bertz CT molecular complexity index is 802. The fourth-order valence-electron chi connectivity index (χ4n) is 7.05. The third kappa shape index (κ3) is 24.7. The van der Waals surface area contributed by atoms with Gasteiger partial charge >= 0.3 is 0 Å². The summed E-state index contributed by atoms with van der Waals surface area (Å²) in [5, 5.41) is 0. The van der Waals surface area contributed by atoms with E-state index in [9.17, 15) is 0 Å². The van der Waals surface area contributed by atoms with Gasteiger partial charge in [-0.15, -0.1) is 0 Å².